The van der Waals surface area contributed by atoms with Gasteiger partial charge in [0, 0.05) is 6.20 Å². The SMILES string of the molecule is NC(=O)Oc1nccc(-c2ccc(F)c(CF)n2)n1. The van der Waals surface area contributed by atoms with E-state index in [0.29, 0.717) is 0 Å². The maximum atomic E-state index is 13.1. The van der Waals surface area contributed by atoms with Gasteiger partial charge in [-0.15, -0.1) is 0 Å². The van der Waals surface area contributed by atoms with E-state index in [1.807, 2.05) is 0 Å². The van der Waals surface area contributed by atoms with Crippen LogP contribution in [0.4, 0.5) is 13.6 Å². The van der Waals surface area contributed by atoms with Crippen LogP contribution < -0.4 is 10.5 Å². The molecule has 0 radical (unpaired) electrons. The number of pyridine rings is 1. The lowest BCUT2D eigenvalue weighted by molar-refractivity contribution is 0.207. The van der Waals surface area contributed by atoms with Crippen molar-refractivity contribution < 1.29 is 18.3 Å². The number of carbonyl (C=O) groups is 1. The van der Waals surface area contributed by atoms with E-state index in [1.165, 1.54) is 18.3 Å². The van der Waals surface area contributed by atoms with Crippen LogP contribution in [0.1, 0.15) is 5.69 Å². The Balaban J connectivity index is 2.38. The van der Waals surface area contributed by atoms with Crippen molar-refractivity contribution in [3.8, 4) is 17.4 Å². The first-order valence-corrected chi connectivity index (χ1v) is 5.12. The quantitative estimate of drug-likeness (QED) is 0.911. The molecule has 19 heavy (non-hydrogen) atoms. The van der Waals surface area contributed by atoms with Crippen molar-refractivity contribution in [1.82, 2.24) is 15.0 Å². The van der Waals surface area contributed by atoms with Crippen LogP contribution in [0.25, 0.3) is 11.4 Å². The minimum absolute atomic E-state index is 0.228. The molecule has 2 rings (SSSR count). The molecule has 0 bridgehead atoms. The maximum Gasteiger partial charge on any atom is 0.412 e. The van der Waals surface area contributed by atoms with Crippen LogP contribution in [0, 0.1) is 5.82 Å². The Bertz CT molecular complexity index is 621. The first-order chi connectivity index (χ1) is 9.10. The van der Waals surface area contributed by atoms with Gasteiger partial charge in [-0.3, -0.25) is 0 Å². The molecule has 0 aliphatic rings. The van der Waals surface area contributed by atoms with Gasteiger partial charge in [-0.25, -0.2) is 23.5 Å². The summed E-state index contributed by atoms with van der Waals surface area (Å²) < 4.78 is 30.1. The van der Waals surface area contributed by atoms with Gasteiger partial charge < -0.3 is 10.5 Å². The molecule has 0 fully saturated rings. The van der Waals surface area contributed by atoms with Crippen LogP contribution >= 0.6 is 0 Å². The molecule has 0 aliphatic heterocycles. The summed E-state index contributed by atoms with van der Waals surface area (Å²) in [6.07, 6.45) is 0.245. The third kappa shape index (κ3) is 2.97. The standard InChI is InChI=1S/C11H8F2N4O2/c12-5-9-6(13)1-2-7(16-9)8-3-4-15-11(17-8)19-10(14)18/h1-4H,5H2,(H2,14,18). The summed E-state index contributed by atoms with van der Waals surface area (Å²) in [7, 11) is 0. The molecule has 0 spiro atoms. The number of alkyl halides is 1. The molecule has 0 saturated heterocycles. The summed E-state index contributed by atoms with van der Waals surface area (Å²) in [6, 6.07) is 3.59. The molecule has 6 nitrogen and oxygen atoms in total. The molecule has 2 heterocycles. The van der Waals surface area contributed by atoms with E-state index in [9.17, 15) is 13.6 Å². The average Bonchev–Trinajstić information content (AvgIpc) is 2.39. The summed E-state index contributed by atoms with van der Waals surface area (Å²) in [5, 5.41) is 0. The number of nitrogens with two attached hydrogens (primary N) is 1. The lowest BCUT2D eigenvalue weighted by atomic mass is 10.2. The van der Waals surface area contributed by atoms with Gasteiger partial charge in [-0.2, -0.15) is 4.98 Å². The Morgan fingerprint density at radius 3 is 2.68 bits per heavy atom. The van der Waals surface area contributed by atoms with Gasteiger partial charge >= 0.3 is 12.1 Å². The van der Waals surface area contributed by atoms with E-state index in [4.69, 9.17) is 5.73 Å². The molecule has 1 amide bonds. The average molecular weight is 266 g/mol. The predicted molar refractivity (Wildman–Crippen MR) is 60.2 cm³/mol. The van der Waals surface area contributed by atoms with E-state index in [2.05, 4.69) is 19.7 Å². The van der Waals surface area contributed by atoms with E-state index in [0.717, 1.165) is 6.07 Å². The number of aromatic nitrogens is 3. The highest BCUT2D eigenvalue weighted by atomic mass is 19.1. The number of primary amides is 1. The summed E-state index contributed by atoms with van der Waals surface area (Å²) in [6.45, 7) is -1.03. The lowest BCUT2D eigenvalue weighted by Gasteiger charge is -2.04. The minimum Gasteiger partial charge on any atom is -0.374 e. The molecule has 0 saturated carbocycles. The van der Waals surface area contributed by atoms with E-state index >= 15 is 0 Å². The van der Waals surface area contributed by atoms with Crippen molar-refractivity contribution in [3.63, 3.8) is 0 Å². The zero-order valence-electron chi connectivity index (χ0n) is 9.51. The fourth-order valence-corrected chi connectivity index (χ4v) is 1.34. The van der Waals surface area contributed by atoms with Crippen molar-refractivity contribution in [1.29, 1.82) is 0 Å². The number of hydrogen-bond donors (Lipinski definition) is 1. The zero-order valence-corrected chi connectivity index (χ0v) is 9.51. The van der Waals surface area contributed by atoms with Gasteiger partial charge in [0.2, 0.25) is 0 Å². The summed E-state index contributed by atoms with van der Waals surface area (Å²) in [5.41, 5.74) is 4.98. The van der Waals surface area contributed by atoms with Crippen LogP contribution in [0.2, 0.25) is 0 Å². The Morgan fingerprint density at radius 2 is 2.00 bits per heavy atom. The monoisotopic (exact) mass is 266 g/mol. The lowest BCUT2D eigenvalue weighted by Crippen LogP contribution is -2.17. The molecular formula is C11H8F2N4O2. The Kier molecular flexibility index (Phi) is 3.60. The van der Waals surface area contributed by atoms with Gasteiger partial charge in [0.25, 0.3) is 0 Å². The van der Waals surface area contributed by atoms with Crippen molar-refractivity contribution in [2.45, 2.75) is 6.67 Å². The summed E-state index contributed by atoms with van der Waals surface area (Å²) >= 11 is 0. The molecule has 0 unspecified atom stereocenters. The van der Waals surface area contributed by atoms with Crippen LogP contribution in [-0.4, -0.2) is 21.0 Å². The highest BCUT2D eigenvalue weighted by Gasteiger charge is 2.10. The molecule has 2 aromatic heterocycles. The normalized spacial score (nSPS) is 10.2. The number of halogens is 2. The van der Waals surface area contributed by atoms with E-state index in [-0.39, 0.29) is 23.1 Å². The summed E-state index contributed by atoms with van der Waals surface area (Å²) in [4.78, 5) is 21.8. The van der Waals surface area contributed by atoms with Gasteiger partial charge in [-0.1, -0.05) is 0 Å². The topological polar surface area (TPSA) is 91.0 Å². The summed E-state index contributed by atoms with van der Waals surface area (Å²) in [5.74, 6) is -0.742. The number of amides is 1. The van der Waals surface area contributed by atoms with Gasteiger partial charge in [0.05, 0.1) is 11.4 Å². The molecule has 2 aromatic rings. The predicted octanol–water partition coefficient (Wildman–Crippen LogP) is 1.60. The second-order valence-electron chi connectivity index (χ2n) is 3.40. The Hall–Kier alpha value is -2.64. The number of nitrogens with zero attached hydrogens (tertiary/aromatic N) is 3. The number of rotatable bonds is 3. The molecule has 0 atom stereocenters. The fraction of sp³-hybridized carbons (Fsp3) is 0.0909. The number of ether oxygens (including phenoxy) is 1. The maximum absolute atomic E-state index is 13.1. The van der Waals surface area contributed by atoms with Crippen LogP contribution in [0.15, 0.2) is 24.4 Å². The largest absolute Gasteiger partial charge is 0.412 e. The molecule has 8 heteroatoms. The highest BCUT2D eigenvalue weighted by molar-refractivity contribution is 5.67. The van der Waals surface area contributed by atoms with Crippen LogP contribution in [-0.2, 0) is 6.67 Å². The second-order valence-corrected chi connectivity index (χ2v) is 3.40. The van der Waals surface area contributed by atoms with E-state index < -0.39 is 18.6 Å². The molecule has 0 aliphatic carbocycles. The molecule has 2 N–H and O–H groups in total. The third-order valence-electron chi connectivity index (χ3n) is 2.13. The molecular weight excluding hydrogens is 258 g/mol. The fourth-order valence-electron chi connectivity index (χ4n) is 1.34. The zero-order chi connectivity index (χ0) is 13.8. The smallest absolute Gasteiger partial charge is 0.374 e. The Labute approximate surface area is 106 Å². The Morgan fingerprint density at radius 1 is 1.26 bits per heavy atom. The van der Waals surface area contributed by atoms with E-state index in [1.54, 1.807) is 0 Å². The van der Waals surface area contributed by atoms with Crippen molar-refractivity contribution in [2.24, 2.45) is 5.73 Å². The first kappa shape index (κ1) is 12.8. The minimum atomic E-state index is -1.06. The van der Waals surface area contributed by atoms with Gasteiger partial charge in [-0.05, 0) is 18.2 Å². The number of hydrogen-bond acceptors (Lipinski definition) is 5. The third-order valence-corrected chi connectivity index (χ3v) is 2.13. The first-order valence-electron chi connectivity index (χ1n) is 5.12. The second kappa shape index (κ2) is 5.34. The van der Waals surface area contributed by atoms with Crippen LogP contribution in [0.3, 0.4) is 0 Å². The van der Waals surface area contributed by atoms with Gasteiger partial charge in [0.15, 0.2) is 0 Å². The number of carbonyl (C=O) groups excluding carboxylic acids is 1. The van der Waals surface area contributed by atoms with Gasteiger partial charge in [0.1, 0.15) is 18.2 Å². The molecule has 98 valence electrons. The highest BCUT2D eigenvalue weighted by Crippen LogP contribution is 2.18. The van der Waals surface area contributed by atoms with Crippen molar-refractivity contribution in [2.75, 3.05) is 0 Å². The van der Waals surface area contributed by atoms with Crippen molar-refractivity contribution >= 4 is 6.09 Å². The van der Waals surface area contributed by atoms with Crippen molar-refractivity contribution in [3.05, 3.63) is 35.9 Å². The van der Waals surface area contributed by atoms with Crippen LogP contribution in [0.5, 0.6) is 6.01 Å². The molecule has 0 aromatic carbocycles.